The molecule has 2 heterocycles. The largest absolute Gasteiger partial charge is 0.341 e. The second kappa shape index (κ2) is 5.10. The summed E-state index contributed by atoms with van der Waals surface area (Å²) in [4.78, 5) is 14.0. The quantitative estimate of drug-likeness (QED) is 0.835. The zero-order chi connectivity index (χ0) is 15.1. The van der Waals surface area contributed by atoms with Crippen LogP contribution in [-0.4, -0.2) is 54.4 Å². The van der Waals surface area contributed by atoms with Crippen molar-refractivity contribution in [3.05, 3.63) is 18.5 Å². The summed E-state index contributed by atoms with van der Waals surface area (Å²) in [6, 6.07) is 1.85. The molecule has 21 heavy (non-hydrogen) atoms. The predicted molar refractivity (Wildman–Crippen MR) is 76.9 cm³/mol. The molecule has 1 atom stereocenters. The van der Waals surface area contributed by atoms with Gasteiger partial charge in [0.15, 0.2) is 0 Å². The summed E-state index contributed by atoms with van der Waals surface area (Å²) in [5, 5.41) is 4.04. The Hall–Kier alpha value is -1.41. The first kappa shape index (κ1) is 14.5. The zero-order valence-corrected chi connectivity index (χ0v) is 12.8. The monoisotopic (exact) mass is 312 g/mol. The van der Waals surface area contributed by atoms with Gasteiger partial charge < -0.3 is 4.90 Å². The first-order valence-electron chi connectivity index (χ1n) is 7.10. The first-order valence-corrected chi connectivity index (χ1v) is 9.00. The van der Waals surface area contributed by atoms with Crippen molar-refractivity contribution < 1.29 is 13.2 Å². The minimum atomic E-state index is -3.14. The highest BCUT2D eigenvalue weighted by molar-refractivity contribution is 7.88. The van der Waals surface area contributed by atoms with Gasteiger partial charge in [0, 0.05) is 31.5 Å². The van der Waals surface area contributed by atoms with Gasteiger partial charge in [-0.25, -0.2) is 13.1 Å². The van der Waals surface area contributed by atoms with Crippen LogP contribution in [0, 0.1) is 5.41 Å². The molecular weight excluding hydrogens is 292 g/mol. The lowest BCUT2D eigenvalue weighted by Crippen LogP contribution is -2.42. The Morgan fingerprint density at radius 3 is 2.71 bits per heavy atom. The average molecular weight is 312 g/mol. The number of hydrogen-bond donors (Lipinski definition) is 1. The molecule has 1 N–H and O–H groups in total. The molecule has 1 saturated heterocycles. The normalized spacial score (nSPS) is 24.2. The van der Waals surface area contributed by atoms with E-state index in [4.69, 9.17) is 0 Å². The van der Waals surface area contributed by atoms with Crippen LogP contribution in [-0.2, 0) is 21.4 Å². The number of carbonyl (C=O) groups is 1. The number of likely N-dealkylation sites (tertiary alicyclic amines) is 1. The van der Waals surface area contributed by atoms with Crippen molar-refractivity contribution in [2.24, 2.45) is 5.41 Å². The number of rotatable bonds is 4. The lowest BCUT2D eigenvalue weighted by Gasteiger charge is -2.33. The molecule has 1 spiro atoms. The lowest BCUT2D eigenvalue weighted by atomic mass is 9.92. The van der Waals surface area contributed by atoms with Crippen LogP contribution in [0.3, 0.4) is 0 Å². The highest BCUT2D eigenvalue weighted by atomic mass is 32.2. The molecule has 1 aliphatic heterocycles. The number of hydrogen-bond acceptors (Lipinski definition) is 4. The van der Waals surface area contributed by atoms with E-state index in [1.165, 1.54) is 6.26 Å². The van der Waals surface area contributed by atoms with Crippen molar-refractivity contribution in [2.45, 2.75) is 31.8 Å². The minimum Gasteiger partial charge on any atom is -0.341 e. The number of nitrogens with one attached hydrogen (secondary N) is 1. The fourth-order valence-electron chi connectivity index (χ4n) is 3.16. The maximum absolute atomic E-state index is 12.2. The maximum Gasteiger partial charge on any atom is 0.244 e. The van der Waals surface area contributed by atoms with E-state index < -0.39 is 10.0 Å². The third kappa shape index (κ3) is 3.26. The second-order valence-corrected chi connectivity index (χ2v) is 7.87. The molecule has 8 heteroatoms. The van der Waals surface area contributed by atoms with Crippen LogP contribution in [0.15, 0.2) is 18.5 Å². The number of piperidine rings is 1. The van der Waals surface area contributed by atoms with Gasteiger partial charge >= 0.3 is 0 Å². The van der Waals surface area contributed by atoms with E-state index in [1.54, 1.807) is 23.1 Å². The Morgan fingerprint density at radius 1 is 1.43 bits per heavy atom. The Labute approximate surface area is 124 Å². The molecule has 0 bridgehead atoms. The summed E-state index contributed by atoms with van der Waals surface area (Å²) in [6.07, 6.45) is 7.25. The van der Waals surface area contributed by atoms with Crippen LogP contribution in [0.1, 0.15) is 19.3 Å². The van der Waals surface area contributed by atoms with E-state index in [9.17, 15) is 13.2 Å². The van der Waals surface area contributed by atoms with Crippen LogP contribution in [0.2, 0.25) is 0 Å². The van der Waals surface area contributed by atoms with Gasteiger partial charge in [-0.2, -0.15) is 5.10 Å². The number of aromatic nitrogens is 2. The van der Waals surface area contributed by atoms with E-state index in [-0.39, 0.29) is 23.9 Å². The van der Waals surface area contributed by atoms with E-state index >= 15 is 0 Å². The Morgan fingerprint density at radius 2 is 2.14 bits per heavy atom. The molecule has 2 aliphatic rings. The van der Waals surface area contributed by atoms with Crippen molar-refractivity contribution in [3.63, 3.8) is 0 Å². The number of amides is 1. The Kier molecular flexibility index (Phi) is 3.53. The van der Waals surface area contributed by atoms with Crippen LogP contribution in [0.5, 0.6) is 0 Å². The first-order chi connectivity index (χ1) is 9.88. The second-order valence-electron chi connectivity index (χ2n) is 6.09. The molecule has 0 radical (unpaired) electrons. The number of carbonyl (C=O) groups excluding carboxylic acids is 1. The Bertz CT molecular complexity index is 618. The van der Waals surface area contributed by atoms with Crippen molar-refractivity contribution in [1.29, 1.82) is 0 Å². The number of nitrogens with zero attached hydrogens (tertiary/aromatic N) is 3. The van der Waals surface area contributed by atoms with E-state index in [1.807, 2.05) is 4.90 Å². The summed E-state index contributed by atoms with van der Waals surface area (Å²) < 4.78 is 26.9. The van der Waals surface area contributed by atoms with Gasteiger partial charge in [0.25, 0.3) is 0 Å². The highest BCUT2D eigenvalue weighted by Crippen LogP contribution is 2.54. The molecule has 1 saturated carbocycles. The molecule has 7 nitrogen and oxygen atoms in total. The van der Waals surface area contributed by atoms with E-state index in [0.29, 0.717) is 13.1 Å². The summed E-state index contributed by atoms with van der Waals surface area (Å²) >= 11 is 0. The molecule has 1 unspecified atom stereocenters. The van der Waals surface area contributed by atoms with Crippen LogP contribution in [0.25, 0.3) is 0 Å². The van der Waals surface area contributed by atoms with E-state index in [2.05, 4.69) is 9.82 Å². The molecule has 116 valence electrons. The topological polar surface area (TPSA) is 84.3 Å². The summed E-state index contributed by atoms with van der Waals surface area (Å²) in [7, 11) is -3.14. The molecule has 3 rings (SSSR count). The van der Waals surface area contributed by atoms with Gasteiger partial charge in [0.2, 0.25) is 15.9 Å². The van der Waals surface area contributed by atoms with Gasteiger partial charge in [-0.05, 0) is 30.7 Å². The fraction of sp³-hybridized carbons (Fsp3) is 0.692. The van der Waals surface area contributed by atoms with Crippen LogP contribution < -0.4 is 4.72 Å². The molecule has 1 amide bonds. The fourth-order valence-corrected chi connectivity index (χ4v) is 4.01. The number of sulfonamides is 1. The van der Waals surface area contributed by atoms with Crippen molar-refractivity contribution in [1.82, 2.24) is 19.4 Å². The van der Waals surface area contributed by atoms with Gasteiger partial charge in [-0.3, -0.25) is 9.48 Å². The SMILES string of the molecule is CS(=O)(=O)NC1CC12CCN(C(=O)Cn1cccn1)CC2. The minimum absolute atomic E-state index is 0.0517. The summed E-state index contributed by atoms with van der Waals surface area (Å²) in [5.74, 6) is 0.0711. The van der Waals surface area contributed by atoms with Gasteiger partial charge in [-0.1, -0.05) is 0 Å². The zero-order valence-electron chi connectivity index (χ0n) is 12.0. The average Bonchev–Trinajstić information content (AvgIpc) is 2.84. The van der Waals surface area contributed by atoms with Gasteiger partial charge in [0.05, 0.1) is 6.26 Å². The predicted octanol–water partition coefficient (Wildman–Crippen LogP) is -0.187. The van der Waals surface area contributed by atoms with Gasteiger partial charge in [0.1, 0.15) is 6.54 Å². The summed E-state index contributed by atoms with van der Waals surface area (Å²) in [5.41, 5.74) is 0.0750. The molecular formula is C13H20N4O3S. The molecule has 1 aromatic heterocycles. The van der Waals surface area contributed by atoms with Crippen molar-refractivity contribution >= 4 is 15.9 Å². The molecule has 2 fully saturated rings. The third-order valence-electron chi connectivity index (χ3n) is 4.51. The van der Waals surface area contributed by atoms with Crippen LogP contribution in [0.4, 0.5) is 0 Å². The smallest absolute Gasteiger partial charge is 0.244 e. The van der Waals surface area contributed by atoms with Gasteiger partial charge in [-0.15, -0.1) is 0 Å². The third-order valence-corrected chi connectivity index (χ3v) is 5.23. The van der Waals surface area contributed by atoms with Crippen molar-refractivity contribution in [3.8, 4) is 0 Å². The highest BCUT2D eigenvalue weighted by Gasteiger charge is 2.56. The molecule has 1 aliphatic carbocycles. The standard InChI is InChI=1S/C13H20N4O3S/c1-21(19,20)15-11-9-13(11)3-7-16(8-4-13)12(18)10-17-6-2-5-14-17/h2,5-6,11,15H,3-4,7-10H2,1H3. The molecule has 0 aromatic carbocycles. The maximum atomic E-state index is 12.2. The lowest BCUT2D eigenvalue weighted by molar-refractivity contribution is -0.133. The Balaban J connectivity index is 1.51. The molecule has 1 aromatic rings. The van der Waals surface area contributed by atoms with Crippen LogP contribution >= 0.6 is 0 Å². The van der Waals surface area contributed by atoms with E-state index in [0.717, 1.165) is 19.3 Å². The van der Waals surface area contributed by atoms with Crippen molar-refractivity contribution in [2.75, 3.05) is 19.3 Å². The summed E-state index contributed by atoms with van der Waals surface area (Å²) in [6.45, 7) is 1.66.